The lowest BCUT2D eigenvalue weighted by molar-refractivity contribution is 0.0630. The average Bonchev–Trinajstić information content (AvgIpc) is 2.96. The average molecular weight is 412 g/mol. The fourth-order valence-corrected chi connectivity index (χ4v) is 6.82. The van der Waals surface area contributed by atoms with E-state index in [2.05, 4.69) is 5.32 Å². The fourth-order valence-electron chi connectivity index (χ4n) is 6.82. The van der Waals surface area contributed by atoms with Gasteiger partial charge in [0.25, 0.3) is 11.8 Å². The van der Waals surface area contributed by atoms with E-state index in [0.29, 0.717) is 5.92 Å². The molecule has 3 heterocycles. The van der Waals surface area contributed by atoms with Gasteiger partial charge in [0, 0.05) is 38.1 Å². The summed E-state index contributed by atoms with van der Waals surface area (Å²) in [5, 5.41) is 2.58. The molecule has 2 unspecified atom stereocenters. The van der Waals surface area contributed by atoms with Crippen molar-refractivity contribution in [2.45, 2.75) is 76.3 Å². The van der Waals surface area contributed by atoms with Gasteiger partial charge in [0.15, 0.2) is 0 Å². The summed E-state index contributed by atoms with van der Waals surface area (Å²) in [6.07, 6.45) is 14.9. The smallest absolute Gasteiger partial charge is 0.259 e. The van der Waals surface area contributed by atoms with Crippen LogP contribution in [0, 0.1) is 17.8 Å². The van der Waals surface area contributed by atoms with Crippen molar-refractivity contribution in [1.29, 1.82) is 0 Å². The van der Waals surface area contributed by atoms with Gasteiger partial charge in [-0.25, -0.2) is 0 Å². The fraction of sp³-hybridized carbons (Fsp3) is 0.708. The molecular formula is C24H33N3O3. The van der Waals surface area contributed by atoms with Crippen LogP contribution in [0.5, 0.6) is 0 Å². The molecule has 2 atom stereocenters. The van der Waals surface area contributed by atoms with E-state index in [4.69, 9.17) is 0 Å². The van der Waals surface area contributed by atoms with Crippen molar-refractivity contribution in [2.75, 3.05) is 13.6 Å². The van der Waals surface area contributed by atoms with Crippen molar-refractivity contribution in [3.8, 4) is 0 Å². The summed E-state index contributed by atoms with van der Waals surface area (Å²) in [4.78, 5) is 41.4. The number of aromatic nitrogens is 1. The maximum Gasteiger partial charge on any atom is 0.259 e. The SMILES string of the molecule is CNC(=O)c1cn(C2CCCCC2)cc(C(=O)N2CC3CC4CC(C3)CC2C4)c1=O. The van der Waals surface area contributed by atoms with Crippen molar-refractivity contribution in [3.05, 3.63) is 33.7 Å². The van der Waals surface area contributed by atoms with Crippen LogP contribution in [0.4, 0.5) is 0 Å². The third-order valence-electron chi connectivity index (χ3n) is 8.11. The first kappa shape index (κ1) is 19.8. The highest BCUT2D eigenvalue weighted by atomic mass is 16.2. The molecule has 0 radical (unpaired) electrons. The molecule has 0 spiro atoms. The number of carbonyl (C=O) groups excluding carboxylic acids is 2. The first-order valence-electron chi connectivity index (χ1n) is 11.8. The van der Waals surface area contributed by atoms with E-state index in [1.807, 2.05) is 9.47 Å². The van der Waals surface area contributed by atoms with Gasteiger partial charge >= 0.3 is 0 Å². The highest BCUT2D eigenvalue weighted by Crippen LogP contribution is 2.47. The lowest BCUT2D eigenvalue weighted by Crippen LogP contribution is -2.44. The molecule has 0 aromatic carbocycles. The molecule has 1 aromatic heterocycles. The predicted molar refractivity (Wildman–Crippen MR) is 115 cm³/mol. The second-order valence-corrected chi connectivity index (χ2v) is 10.1. The lowest BCUT2D eigenvalue weighted by Gasteiger charge is -2.39. The first-order chi connectivity index (χ1) is 14.5. The van der Waals surface area contributed by atoms with Crippen molar-refractivity contribution < 1.29 is 9.59 Å². The Bertz CT molecular complexity index is 887. The number of hydrogen-bond donors (Lipinski definition) is 1. The number of hydrogen-bond acceptors (Lipinski definition) is 3. The highest BCUT2D eigenvalue weighted by molar-refractivity contribution is 5.99. The van der Waals surface area contributed by atoms with E-state index in [9.17, 15) is 14.4 Å². The van der Waals surface area contributed by atoms with E-state index in [-0.39, 0.29) is 29.1 Å². The topological polar surface area (TPSA) is 71.4 Å². The zero-order valence-corrected chi connectivity index (χ0v) is 17.9. The Hall–Kier alpha value is -2.11. The molecule has 6 nitrogen and oxygen atoms in total. The normalized spacial score (nSPS) is 30.9. The molecule has 3 aliphatic carbocycles. The minimum Gasteiger partial charge on any atom is -0.355 e. The van der Waals surface area contributed by atoms with Gasteiger partial charge in [0.05, 0.1) is 0 Å². The van der Waals surface area contributed by atoms with Crippen LogP contribution in [0.25, 0.3) is 0 Å². The van der Waals surface area contributed by atoms with Gasteiger partial charge in [-0.05, 0) is 62.7 Å². The van der Waals surface area contributed by atoms with Crippen LogP contribution in [-0.4, -0.2) is 40.9 Å². The molecule has 5 aliphatic rings. The van der Waals surface area contributed by atoms with Gasteiger partial charge < -0.3 is 14.8 Å². The van der Waals surface area contributed by atoms with E-state index in [1.54, 1.807) is 12.4 Å². The molecule has 6 heteroatoms. The number of fused-ring (bicyclic) bond motifs is 1. The molecule has 6 rings (SSSR count). The van der Waals surface area contributed by atoms with Crippen molar-refractivity contribution in [3.63, 3.8) is 0 Å². The number of nitrogens with one attached hydrogen (secondary N) is 1. The predicted octanol–water partition coefficient (Wildman–Crippen LogP) is 3.36. The number of rotatable bonds is 3. The Kier molecular flexibility index (Phi) is 5.19. The van der Waals surface area contributed by atoms with Crippen molar-refractivity contribution >= 4 is 11.8 Å². The molecular weight excluding hydrogens is 378 g/mol. The quantitative estimate of drug-likeness (QED) is 0.829. The third kappa shape index (κ3) is 3.48. The molecule has 30 heavy (non-hydrogen) atoms. The Morgan fingerprint density at radius 3 is 2.17 bits per heavy atom. The monoisotopic (exact) mass is 411 g/mol. The zero-order chi connectivity index (χ0) is 20.8. The molecule has 5 fully saturated rings. The summed E-state index contributed by atoms with van der Waals surface area (Å²) in [6, 6.07) is 0.505. The van der Waals surface area contributed by atoms with Gasteiger partial charge in [-0.2, -0.15) is 0 Å². The van der Waals surface area contributed by atoms with Crippen LogP contribution in [0.3, 0.4) is 0 Å². The Morgan fingerprint density at radius 2 is 1.50 bits per heavy atom. The molecule has 2 aliphatic heterocycles. The number of carbonyl (C=O) groups is 2. The summed E-state index contributed by atoms with van der Waals surface area (Å²) >= 11 is 0. The van der Waals surface area contributed by atoms with E-state index in [1.165, 1.54) is 32.7 Å². The summed E-state index contributed by atoms with van der Waals surface area (Å²) in [5.41, 5.74) is -0.146. The van der Waals surface area contributed by atoms with E-state index < -0.39 is 11.3 Å². The molecule has 3 saturated carbocycles. The summed E-state index contributed by atoms with van der Waals surface area (Å²) in [6.45, 7) is 0.767. The minimum atomic E-state index is -0.421. The lowest BCUT2D eigenvalue weighted by atomic mass is 9.68. The standard InChI is InChI=1S/C24H33N3O3/c1-25-23(29)20-13-26(18-5-3-2-4-6-18)14-21(22(20)28)24(30)27-12-17-8-15-7-16(9-17)11-19(27)10-15/h13-19H,2-12H2,1H3,(H,25,29). The van der Waals surface area contributed by atoms with Crippen LogP contribution in [0.1, 0.15) is 91.0 Å². The van der Waals surface area contributed by atoms with Crippen LogP contribution in [0.2, 0.25) is 0 Å². The van der Waals surface area contributed by atoms with E-state index >= 15 is 0 Å². The summed E-state index contributed by atoms with van der Waals surface area (Å²) in [7, 11) is 1.53. The molecule has 162 valence electrons. The Balaban J connectivity index is 1.53. The van der Waals surface area contributed by atoms with Gasteiger partial charge in [0.2, 0.25) is 5.43 Å². The van der Waals surface area contributed by atoms with E-state index in [0.717, 1.165) is 56.9 Å². The highest BCUT2D eigenvalue weighted by Gasteiger charge is 2.44. The largest absolute Gasteiger partial charge is 0.355 e. The van der Waals surface area contributed by atoms with Crippen molar-refractivity contribution in [1.82, 2.24) is 14.8 Å². The Labute approximate surface area is 178 Å². The third-order valence-corrected chi connectivity index (χ3v) is 8.11. The summed E-state index contributed by atoms with van der Waals surface area (Å²) in [5.74, 6) is 1.47. The molecule has 4 bridgehead atoms. The molecule has 2 amide bonds. The molecule has 1 aromatic rings. The molecule has 2 saturated heterocycles. The maximum atomic E-state index is 13.7. The van der Waals surface area contributed by atoms with Crippen LogP contribution in [-0.2, 0) is 0 Å². The van der Waals surface area contributed by atoms with Gasteiger partial charge in [-0.15, -0.1) is 0 Å². The maximum absolute atomic E-state index is 13.7. The van der Waals surface area contributed by atoms with Crippen molar-refractivity contribution in [2.24, 2.45) is 17.8 Å². The minimum absolute atomic E-state index is 0.0922. The van der Waals surface area contributed by atoms with Gasteiger partial charge in [0.1, 0.15) is 11.1 Å². The first-order valence-corrected chi connectivity index (χ1v) is 11.8. The Morgan fingerprint density at radius 1 is 0.867 bits per heavy atom. The second kappa shape index (κ2) is 7.86. The number of amides is 2. The van der Waals surface area contributed by atoms with Gasteiger partial charge in [-0.1, -0.05) is 19.3 Å². The number of pyridine rings is 1. The number of nitrogens with zero attached hydrogens (tertiary/aromatic N) is 2. The zero-order valence-electron chi connectivity index (χ0n) is 17.9. The molecule has 1 N–H and O–H groups in total. The van der Waals surface area contributed by atoms with Gasteiger partial charge in [-0.3, -0.25) is 14.4 Å². The summed E-state index contributed by atoms with van der Waals surface area (Å²) < 4.78 is 1.99. The van der Waals surface area contributed by atoms with Crippen LogP contribution in [0.15, 0.2) is 17.2 Å². The van der Waals surface area contributed by atoms with Crippen LogP contribution < -0.4 is 10.7 Å². The van der Waals surface area contributed by atoms with Crippen LogP contribution >= 0.6 is 0 Å². The second-order valence-electron chi connectivity index (χ2n) is 10.1.